The first-order chi connectivity index (χ1) is 14.5. The molecule has 1 aliphatic rings. The zero-order valence-electron chi connectivity index (χ0n) is 15.6. The van der Waals surface area contributed by atoms with Crippen molar-refractivity contribution in [3.05, 3.63) is 106 Å². The fourth-order valence-electron chi connectivity index (χ4n) is 3.48. The average Bonchev–Trinajstić information content (AvgIpc) is 3.13. The van der Waals surface area contributed by atoms with Crippen LogP contribution in [-0.2, 0) is 10.3 Å². The molecule has 0 aliphatic carbocycles. The Hall–Kier alpha value is -4.20. The Balaban J connectivity index is 1.74. The van der Waals surface area contributed by atoms with Crippen LogP contribution in [0.4, 0.5) is 15.3 Å². The van der Waals surface area contributed by atoms with Gasteiger partial charge in [0.2, 0.25) is 0 Å². The highest BCUT2D eigenvalue weighted by molar-refractivity contribution is 5.92. The summed E-state index contributed by atoms with van der Waals surface area (Å²) in [6.45, 7) is -0.0742. The van der Waals surface area contributed by atoms with Crippen LogP contribution in [0.15, 0.2) is 84.9 Å². The minimum absolute atomic E-state index is 0.0697. The van der Waals surface area contributed by atoms with Gasteiger partial charge < -0.3 is 9.47 Å². The van der Waals surface area contributed by atoms with E-state index in [2.05, 4.69) is 0 Å². The van der Waals surface area contributed by atoms with Gasteiger partial charge >= 0.3 is 12.2 Å². The molecule has 0 N–H and O–H groups in total. The van der Waals surface area contributed by atoms with E-state index in [1.54, 1.807) is 24.3 Å². The van der Waals surface area contributed by atoms with Crippen molar-refractivity contribution >= 4 is 17.9 Å². The number of non-ortho nitro benzene ring substituents is 1. The molecule has 4 rings (SSSR count). The smallest absolute Gasteiger partial charge is 0.425 e. The molecule has 30 heavy (non-hydrogen) atoms. The van der Waals surface area contributed by atoms with E-state index in [0.29, 0.717) is 11.1 Å². The maximum Gasteiger partial charge on any atom is 0.425 e. The van der Waals surface area contributed by atoms with Gasteiger partial charge in [-0.3, -0.25) is 10.1 Å². The number of hydrogen-bond donors (Lipinski definition) is 0. The third-order valence-electron chi connectivity index (χ3n) is 4.91. The molecule has 0 saturated carbocycles. The second-order valence-corrected chi connectivity index (χ2v) is 6.60. The van der Waals surface area contributed by atoms with Crippen molar-refractivity contribution in [3.8, 4) is 5.75 Å². The number of nitro groups is 1. The second-order valence-electron chi connectivity index (χ2n) is 6.60. The number of carbonyl (C=O) groups is 2. The SMILES string of the molecule is O=C1OCC(c2ccccc2)(c2ccccc2)N1C(=O)Oc1ccc([N+](=O)[O-])cc1. The predicted molar refractivity (Wildman–Crippen MR) is 106 cm³/mol. The lowest BCUT2D eigenvalue weighted by Gasteiger charge is -2.34. The number of nitrogens with zero attached hydrogens (tertiary/aromatic N) is 2. The number of amides is 2. The van der Waals surface area contributed by atoms with Crippen LogP contribution in [0.25, 0.3) is 0 Å². The molecule has 150 valence electrons. The highest BCUT2D eigenvalue weighted by atomic mass is 16.6. The summed E-state index contributed by atoms with van der Waals surface area (Å²) < 4.78 is 10.7. The van der Waals surface area contributed by atoms with Crippen molar-refractivity contribution in [2.24, 2.45) is 0 Å². The predicted octanol–water partition coefficient (Wildman–Crippen LogP) is 4.49. The van der Waals surface area contributed by atoms with Crippen LogP contribution in [0.5, 0.6) is 5.75 Å². The van der Waals surface area contributed by atoms with Crippen LogP contribution in [0, 0.1) is 10.1 Å². The number of hydrogen-bond acceptors (Lipinski definition) is 6. The summed E-state index contributed by atoms with van der Waals surface area (Å²) in [5.41, 5.74) is 0.0148. The largest absolute Gasteiger partial charge is 0.446 e. The molecule has 0 atom stereocenters. The Kier molecular flexibility index (Phi) is 4.89. The van der Waals surface area contributed by atoms with Crippen LogP contribution >= 0.6 is 0 Å². The molecule has 0 unspecified atom stereocenters. The minimum Gasteiger partial charge on any atom is -0.446 e. The lowest BCUT2D eigenvalue weighted by atomic mass is 9.83. The number of carbonyl (C=O) groups excluding carboxylic acids is 2. The molecule has 1 heterocycles. The Morgan fingerprint density at radius 3 is 1.97 bits per heavy atom. The molecule has 1 saturated heterocycles. The molecular formula is C22H16N2O6. The van der Waals surface area contributed by atoms with Crippen molar-refractivity contribution in [2.75, 3.05) is 6.61 Å². The third-order valence-corrected chi connectivity index (χ3v) is 4.91. The topological polar surface area (TPSA) is 99.0 Å². The number of benzene rings is 3. The summed E-state index contributed by atoms with van der Waals surface area (Å²) in [5, 5.41) is 10.8. The summed E-state index contributed by atoms with van der Waals surface area (Å²) in [6.07, 6.45) is -1.78. The molecule has 8 heteroatoms. The van der Waals surface area contributed by atoms with Crippen molar-refractivity contribution < 1.29 is 24.0 Å². The fraction of sp³-hybridized carbons (Fsp3) is 0.0909. The lowest BCUT2D eigenvalue weighted by molar-refractivity contribution is -0.384. The van der Waals surface area contributed by atoms with Crippen LogP contribution in [0.3, 0.4) is 0 Å². The van der Waals surface area contributed by atoms with E-state index >= 15 is 0 Å². The molecule has 3 aromatic carbocycles. The Morgan fingerprint density at radius 2 is 1.47 bits per heavy atom. The molecule has 0 spiro atoms. The Morgan fingerprint density at radius 1 is 0.933 bits per heavy atom. The molecule has 0 bridgehead atoms. The average molecular weight is 404 g/mol. The maximum absolute atomic E-state index is 13.1. The zero-order chi connectivity index (χ0) is 21.1. The van der Waals surface area contributed by atoms with Crippen LogP contribution in [-0.4, -0.2) is 28.6 Å². The lowest BCUT2D eigenvalue weighted by Crippen LogP contribution is -2.50. The summed E-state index contributed by atoms with van der Waals surface area (Å²) in [7, 11) is 0. The van der Waals surface area contributed by atoms with Crippen molar-refractivity contribution in [3.63, 3.8) is 0 Å². The molecule has 3 aromatic rings. The Bertz CT molecular complexity index is 1040. The molecule has 1 aliphatic heterocycles. The highest BCUT2D eigenvalue weighted by Gasteiger charge is 2.54. The van der Waals surface area contributed by atoms with Crippen LogP contribution < -0.4 is 4.74 Å². The van der Waals surface area contributed by atoms with Gasteiger partial charge in [-0.25, -0.2) is 9.59 Å². The van der Waals surface area contributed by atoms with Crippen LogP contribution in [0.1, 0.15) is 11.1 Å². The van der Waals surface area contributed by atoms with E-state index in [4.69, 9.17) is 9.47 Å². The third kappa shape index (κ3) is 3.24. The molecule has 0 radical (unpaired) electrons. The summed E-state index contributed by atoms with van der Waals surface area (Å²) >= 11 is 0. The monoisotopic (exact) mass is 404 g/mol. The first kappa shape index (κ1) is 19.1. The van der Waals surface area contributed by atoms with Gasteiger partial charge in [0, 0.05) is 12.1 Å². The van der Waals surface area contributed by atoms with Gasteiger partial charge in [-0.1, -0.05) is 60.7 Å². The van der Waals surface area contributed by atoms with Crippen LogP contribution in [0.2, 0.25) is 0 Å². The van der Waals surface area contributed by atoms with Gasteiger partial charge in [-0.05, 0) is 23.3 Å². The second kappa shape index (κ2) is 7.67. The van der Waals surface area contributed by atoms with E-state index in [1.165, 1.54) is 24.3 Å². The van der Waals surface area contributed by atoms with Gasteiger partial charge in [0.25, 0.3) is 5.69 Å². The van der Waals surface area contributed by atoms with Gasteiger partial charge in [0.15, 0.2) is 0 Å². The molecule has 8 nitrogen and oxygen atoms in total. The molecule has 0 aromatic heterocycles. The Labute approximate surface area is 171 Å². The molecule has 1 fully saturated rings. The first-order valence-corrected chi connectivity index (χ1v) is 9.07. The van der Waals surface area contributed by atoms with E-state index < -0.39 is 22.6 Å². The number of rotatable bonds is 4. The number of cyclic esters (lactones) is 1. The number of nitro benzene ring substituents is 1. The van der Waals surface area contributed by atoms with Crippen molar-refractivity contribution in [1.82, 2.24) is 4.90 Å². The summed E-state index contributed by atoms with van der Waals surface area (Å²) in [5.74, 6) is 0.0697. The van der Waals surface area contributed by atoms with Gasteiger partial charge in [-0.2, -0.15) is 4.90 Å². The minimum atomic E-state index is -1.21. The number of ether oxygens (including phenoxy) is 2. The highest BCUT2D eigenvalue weighted by Crippen LogP contribution is 2.41. The normalized spacial score (nSPS) is 14.8. The maximum atomic E-state index is 13.1. The zero-order valence-corrected chi connectivity index (χ0v) is 15.6. The summed E-state index contributed by atoms with van der Waals surface area (Å²) in [4.78, 5) is 36.9. The van der Waals surface area contributed by atoms with E-state index in [1.807, 2.05) is 36.4 Å². The standard InChI is InChI=1S/C22H16N2O6/c25-20-23(21(26)30-19-13-11-18(12-14-19)24(27)28)22(15-29-20,16-7-3-1-4-8-16)17-9-5-2-6-10-17/h1-14H,15H2. The van der Waals surface area contributed by atoms with E-state index in [-0.39, 0.29) is 18.0 Å². The van der Waals surface area contributed by atoms with Gasteiger partial charge in [0.05, 0.1) is 4.92 Å². The summed E-state index contributed by atoms with van der Waals surface area (Å²) in [6, 6.07) is 23.1. The van der Waals surface area contributed by atoms with Crippen molar-refractivity contribution in [1.29, 1.82) is 0 Å². The van der Waals surface area contributed by atoms with E-state index in [0.717, 1.165) is 4.90 Å². The fourth-order valence-corrected chi connectivity index (χ4v) is 3.48. The first-order valence-electron chi connectivity index (χ1n) is 9.07. The molecule has 2 amide bonds. The molecular weight excluding hydrogens is 388 g/mol. The van der Waals surface area contributed by atoms with Gasteiger partial charge in [0.1, 0.15) is 17.9 Å². The van der Waals surface area contributed by atoms with E-state index in [9.17, 15) is 19.7 Å². The number of imide groups is 1. The van der Waals surface area contributed by atoms with Gasteiger partial charge in [-0.15, -0.1) is 0 Å². The van der Waals surface area contributed by atoms with Crippen molar-refractivity contribution in [2.45, 2.75) is 5.54 Å². The quantitative estimate of drug-likeness (QED) is 0.469.